The Balaban J connectivity index is 1.93. The second-order valence-corrected chi connectivity index (χ2v) is 6.10. The Morgan fingerprint density at radius 1 is 1.33 bits per heavy atom. The Kier molecular flexibility index (Phi) is 4.38. The maximum absolute atomic E-state index is 6.50. The van der Waals surface area contributed by atoms with Gasteiger partial charge < -0.3 is 14.8 Å². The SMILES string of the molecule is C=C(C)C[C@@H](c1cc2c(cc1Cl)OCO2)N1CCNCC1. The van der Waals surface area contributed by atoms with Gasteiger partial charge in [-0.2, -0.15) is 0 Å². The lowest BCUT2D eigenvalue weighted by molar-refractivity contribution is 0.170. The van der Waals surface area contributed by atoms with E-state index < -0.39 is 0 Å². The molecule has 2 heterocycles. The molecule has 21 heavy (non-hydrogen) atoms. The summed E-state index contributed by atoms with van der Waals surface area (Å²) in [4.78, 5) is 2.47. The van der Waals surface area contributed by atoms with Crippen LogP contribution < -0.4 is 14.8 Å². The zero-order valence-corrected chi connectivity index (χ0v) is 13.1. The van der Waals surface area contributed by atoms with E-state index in [-0.39, 0.29) is 12.8 Å². The van der Waals surface area contributed by atoms with Crippen LogP contribution in [0.3, 0.4) is 0 Å². The van der Waals surface area contributed by atoms with Gasteiger partial charge in [0.25, 0.3) is 0 Å². The maximum atomic E-state index is 6.50. The summed E-state index contributed by atoms with van der Waals surface area (Å²) in [6.45, 7) is 10.5. The molecule has 0 aromatic heterocycles. The molecule has 0 unspecified atom stereocenters. The summed E-state index contributed by atoms with van der Waals surface area (Å²) in [7, 11) is 0. The molecule has 3 rings (SSSR count). The average molecular weight is 309 g/mol. The summed E-state index contributed by atoms with van der Waals surface area (Å²) in [6.07, 6.45) is 0.902. The fourth-order valence-corrected chi connectivity index (χ4v) is 3.23. The van der Waals surface area contributed by atoms with E-state index in [1.54, 1.807) is 0 Å². The number of piperazine rings is 1. The fourth-order valence-electron chi connectivity index (χ4n) is 2.95. The molecule has 5 heteroatoms. The normalized spacial score (nSPS) is 19.5. The van der Waals surface area contributed by atoms with Gasteiger partial charge in [0.15, 0.2) is 11.5 Å². The Morgan fingerprint density at radius 3 is 2.67 bits per heavy atom. The lowest BCUT2D eigenvalue weighted by atomic mass is 9.97. The third-order valence-electron chi connectivity index (χ3n) is 3.99. The van der Waals surface area contributed by atoms with Gasteiger partial charge in [-0.3, -0.25) is 4.90 Å². The molecule has 1 aromatic rings. The first-order valence-electron chi connectivity index (χ1n) is 7.33. The topological polar surface area (TPSA) is 33.7 Å². The zero-order valence-electron chi connectivity index (χ0n) is 12.3. The minimum Gasteiger partial charge on any atom is -0.454 e. The lowest BCUT2D eigenvalue weighted by Gasteiger charge is -2.36. The Bertz CT molecular complexity index is 541. The van der Waals surface area contributed by atoms with Crippen molar-refractivity contribution in [3.8, 4) is 11.5 Å². The second kappa shape index (κ2) is 6.26. The Hall–Kier alpha value is -1.23. The molecular formula is C16H21ClN2O2. The van der Waals surface area contributed by atoms with E-state index >= 15 is 0 Å². The molecule has 0 aliphatic carbocycles. The summed E-state index contributed by atoms with van der Waals surface area (Å²) in [6, 6.07) is 4.14. The first-order chi connectivity index (χ1) is 10.1. The number of nitrogens with zero attached hydrogens (tertiary/aromatic N) is 1. The molecule has 2 aliphatic heterocycles. The lowest BCUT2D eigenvalue weighted by Crippen LogP contribution is -2.45. The van der Waals surface area contributed by atoms with Gasteiger partial charge in [0, 0.05) is 43.3 Å². The van der Waals surface area contributed by atoms with Crippen LogP contribution in [0.1, 0.15) is 24.9 Å². The van der Waals surface area contributed by atoms with E-state index in [0.717, 1.165) is 60.3 Å². The minimum absolute atomic E-state index is 0.242. The molecule has 114 valence electrons. The number of fused-ring (bicyclic) bond motifs is 1. The highest BCUT2D eigenvalue weighted by Gasteiger charge is 2.27. The highest BCUT2D eigenvalue weighted by Crippen LogP contribution is 2.41. The number of ether oxygens (including phenoxy) is 2. The van der Waals surface area contributed by atoms with Crippen molar-refractivity contribution in [2.75, 3.05) is 33.0 Å². The number of benzene rings is 1. The Labute approximate surface area is 130 Å². The van der Waals surface area contributed by atoms with Crippen LogP contribution in [0.2, 0.25) is 5.02 Å². The second-order valence-electron chi connectivity index (χ2n) is 5.69. The molecule has 1 N–H and O–H groups in total. The van der Waals surface area contributed by atoms with Crippen molar-refractivity contribution in [3.63, 3.8) is 0 Å². The van der Waals surface area contributed by atoms with E-state index in [1.165, 1.54) is 0 Å². The molecule has 0 saturated carbocycles. The van der Waals surface area contributed by atoms with Crippen LogP contribution >= 0.6 is 11.6 Å². The zero-order chi connectivity index (χ0) is 14.8. The number of halogens is 1. The summed E-state index contributed by atoms with van der Waals surface area (Å²) in [5, 5.41) is 4.13. The van der Waals surface area contributed by atoms with E-state index in [1.807, 2.05) is 12.1 Å². The smallest absolute Gasteiger partial charge is 0.231 e. The summed E-state index contributed by atoms with van der Waals surface area (Å²) in [5.74, 6) is 1.52. The third-order valence-corrected chi connectivity index (χ3v) is 4.31. The van der Waals surface area contributed by atoms with Crippen LogP contribution in [0.4, 0.5) is 0 Å². The highest BCUT2D eigenvalue weighted by molar-refractivity contribution is 6.31. The van der Waals surface area contributed by atoms with E-state index in [0.29, 0.717) is 0 Å². The van der Waals surface area contributed by atoms with E-state index in [2.05, 4.69) is 23.7 Å². The molecule has 4 nitrogen and oxygen atoms in total. The molecule has 0 spiro atoms. The Morgan fingerprint density at radius 2 is 2.00 bits per heavy atom. The first-order valence-corrected chi connectivity index (χ1v) is 7.71. The average Bonchev–Trinajstić information content (AvgIpc) is 2.92. The van der Waals surface area contributed by atoms with E-state index in [9.17, 15) is 0 Å². The van der Waals surface area contributed by atoms with E-state index in [4.69, 9.17) is 21.1 Å². The van der Waals surface area contributed by atoms with Crippen LogP contribution in [0, 0.1) is 0 Å². The van der Waals surface area contributed by atoms with Gasteiger partial charge in [-0.15, -0.1) is 6.58 Å². The van der Waals surface area contributed by atoms with Crippen molar-refractivity contribution >= 4 is 11.6 Å². The van der Waals surface area contributed by atoms with Crippen LogP contribution in [0.15, 0.2) is 24.3 Å². The van der Waals surface area contributed by atoms with Gasteiger partial charge in [0.1, 0.15) is 0 Å². The van der Waals surface area contributed by atoms with Crippen molar-refractivity contribution in [2.45, 2.75) is 19.4 Å². The van der Waals surface area contributed by atoms with Crippen molar-refractivity contribution in [2.24, 2.45) is 0 Å². The molecular weight excluding hydrogens is 288 g/mol. The molecule has 0 radical (unpaired) electrons. The van der Waals surface area contributed by atoms with Gasteiger partial charge in [0.2, 0.25) is 6.79 Å². The molecule has 0 bridgehead atoms. The monoisotopic (exact) mass is 308 g/mol. The molecule has 1 atom stereocenters. The maximum Gasteiger partial charge on any atom is 0.231 e. The van der Waals surface area contributed by atoms with Crippen LogP contribution in [-0.2, 0) is 0 Å². The molecule has 1 saturated heterocycles. The molecule has 0 amide bonds. The largest absolute Gasteiger partial charge is 0.454 e. The number of hydrogen-bond acceptors (Lipinski definition) is 4. The van der Waals surface area contributed by atoms with Crippen molar-refractivity contribution in [1.82, 2.24) is 10.2 Å². The molecule has 1 aromatic carbocycles. The number of hydrogen-bond donors (Lipinski definition) is 1. The summed E-state index contributed by atoms with van der Waals surface area (Å²) >= 11 is 6.50. The van der Waals surface area contributed by atoms with Gasteiger partial charge in [0.05, 0.1) is 0 Å². The summed E-state index contributed by atoms with van der Waals surface area (Å²) in [5.41, 5.74) is 2.26. The predicted octanol–water partition coefficient (Wildman–Crippen LogP) is 2.98. The van der Waals surface area contributed by atoms with Crippen molar-refractivity contribution in [1.29, 1.82) is 0 Å². The van der Waals surface area contributed by atoms with Crippen molar-refractivity contribution in [3.05, 3.63) is 34.9 Å². The molecule has 1 fully saturated rings. The van der Waals surface area contributed by atoms with Gasteiger partial charge in [-0.25, -0.2) is 0 Å². The molecule has 2 aliphatic rings. The first kappa shape index (κ1) is 14.7. The van der Waals surface area contributed by atoms with Gasteiger partial charge >= 0.3 is 0 Å². The van der Waals surface area contributed by atoms with Crippen LogP contribution in [0.5, 0.6) is 11.5 Å². The number of rotatable bonds is 4. The number of nitrogens with one attached hydrogen (secondary N) is 1. The third kappa shape index (κ3) is 3.18. The predicted molar refractivity (Wildman–Crippen MR) is 84.2 cm³/mol. The quantitative estimate of drug-likeness (QED) is 0.867. The van der Waals surface area contributed by atoms with Crippen LogP contribution in [-0.4, -0.2) is 37.9 Å². The van der Waals surface area contributed by atoms with Crippen molar-refractivity contribution < 1.29 is 9.47 Å². The minimum atomic E-state index is 0.242. The van der Waals surface area contributed by atoms with Gasteiger partial charge in [-0.1, -0.05) is 17.2 Å². The van der Waals surface area contributed by atoms with Crippen LogP contribution in [0.25, 0.3) is 0 Å². The summed E-state index contributed by atoms with van der Waals surface area (Å²) < 4.78 is 10.9. The highest BCUT2D eigenvalue weighted by atomic mass is 35.5. The standard InChI is InChI=1S/C16H21ClN2O2/c1-11(2)7-14(19-5-3-18-4-6-19)12-8-15-16(9-13(12)17)21-10-20-15/h8-9,14,18H,1,3-7,10H2,2H3/t14-/m0/s1. The van der Waals surface area contributed by atoms with Gasteiger partial charge in [-0.05, 0) is 25.0 Å². The fraction of sp³-hybridized carbons (Fsp3) is 0.500.